The Morgan fingerprint density at radius 3 is 1.30 bits per heavy atom. The molecule has 1 fully saturated rings. The Hall–Kier alpha value is -3.50. The molecule has 422 valence electrons. The minimum absolute atomic E-state index is 0.00931. The highest BCUT2D eigenvalue weighted by atomic mass is 32.3. The number of carbonyl (C=O) groups is 1. The molecule has 1 aliphatic heterocycles. The van der Waals surface area contributed by atoms with Crippen molar-refractivity contribution in [2.24, 2.45) is 0 Å². The fourth-order valence-corrected chi connectivity index (χ4v) is 8.41. The monoisotopic (exact) mass is 1060 g/mol. The molecule has 0 radical (unpaired) electrons. The highest BCUT2D eigenvalue weighted by Crippen LogP contribution is 2.26. The van der Waals surface area contributed by atoms with Gasteiger partial charge in [-0.05, 0) is 103 Å². The lowest BCUT2D eigenvalue weighted by Crippen LogP contribution is -2.60. The van der Waals surface area contributed by atoms with Gasteiger partial charge in [-0.25, -0.2) is 4.18 Å². The van der Waals surface area contributed by atoms with Gasteiger partial charge in [0.2, 0.25) is 0 Å². The first-order valence-corrected chi connectivity index (χ1v) is 29.7. The quantitative estimate of drug-likeness (QED) is 0.0196. The summed E-state index contributed by atoms with van der Waals surface area (Å²) in [6.45, 7) is 3.70. The van der Waals surface area contributed by atoms with E-state index in [0.29, 0.717) is 13.0 Å². The van der Waals surface area contributed by atoms with Crippen LogP contribution in [0.25, 0.3) is 0 Å². The van der Waals surface area contributed by atoms with E-state index in [1.807, 2.05) is 0 Å². The van der Waals surface area contributed by atoms with Gasteiger partial charge in [-0.1, -0.05) is 206 Å². The Kier molecular flexibility index (Phi) is 46.6. The minimum atomic E-state index is -5.08. The van der Waals surface area contributed by atoms with E-state index in [1.54, 1.807) is 0 Å². The van der Waals surface area contributed by atoms with Crippen LogP contribution in [0.5, 0.6) is 0 Å². The third kappa shape index (κ3) is 42.7. The molecule has 13 heteroatoms. The molecule has 0 aromatic carbocycles. The molecule has 12 nitrogen and oxygen atoms in total. The van der Waals surface area contributed by atoms with Crippen molar-refractivity contribution in [3.05, 3.63) is 122 Å². The number of rotatable bonds is 48. The molecule has 4 N–H and O–H groups in total. The molecular formula is C61H100O12S. The predicted octanol–water partition coefficient (Wildman–Crippen LogP) is 14.1. The number of hydrogen-bond donors (Lipinski definition) is 4. The lowest BCUT2D eigenvalue weighted by Gasteiger charge is -2.41. The fraction of sp³-hybridized carbons (Fsp3) is 0.656. The van der Waals surface area contributed by atoms with Gasteiger partial charge in [0, 0.05) is 13.0 Å². The summed E-state index contributed by atoms with van der Waals surface area (Å²) in [5, 5.41) is 30.8. The van der Waals surface area contributed by atoms with Crippen LogP contribution >= 0.6 is 0 Å². The van der Waals surface area contributed by atoms with E-state index >= 15 is 0 Å². The van der Waals surface area contributed by atoms with Gasteiger partial charge in [-0.3, -0.25) is 9.35 Å². The molecule has 6 unspecified atom stereocenters. The lowest BCUT2D eigenvalue weighted by atomic mass is 9.99. The highest BCUT2D eigenvalue weighted by molar-refractivity contribution is 7.80. The maximum absolute atomic E-state index is 12.9. The largest absolute Gasteiger partial charge is 0.457 e. The molecular weight excluding hydrogens is 957 g/mol. The summed E-state index contributed by atoms with van der Waals surface area (Å²) in [6, 6.07) is 0. The van der Waals surface area contributed by atoms with Crippen LogP contribution in [0.15, 0.2) is 122 Å². The first-order chi connectivity index (χ1) is 36.1. The van der Waals surface area contributed by atoms with Gasteiger partial charge in [-0.15, -0.1) is 0 Å². The average Bonchev–Trinajstić information content (AvgIpc) is 3.38. The van der Waals surface area contributed by atoms with Crippen LogP contribution in [0, 0.1) is 0 Å². The van der Waals surface area contributed by atoms with Crippen LogP contribution in [-0.2, 0) is 38.3 Å². The lowest BCUT2D eigenvalue weighted by molar-refractivity contribution is -0.301. The number of hydrogen-bond acceptors (Lipinski definition) is 11. The highest BCUT2D eigenvalue weighted by Gasteiger charge is 2.48. The zero-order valence-corrected chi connectivity index (χ0v) is 46.4. The average molecular weight is 1060 g/mol. The van der Waals surface area contributed by atoms with Gasteiger partial charge >= 0.3 is 16.4 Å². The van der Waals surface area contributed by atoms with Crippen molar-refractivity contribution < 1.29 is 56.2 Å². The molecule has 0 aromatic heterocycles. The van der Waals surface area contributed by atoms with E-state index in [0.717, 1.165) is 96.3 Å². The van der Waals surface area contributed by atoms with Crippen molar-refractivity contribution in [2.45, 2.75) is 230 Å². The molecule has 0 bridgehead atoms. The standard InChI is InChI=1S/C61H100O12S/c1-3-5-7-9-11-13-15-17-19-21-23-25-26-27-28-29-31-33-35-37-39-41-43-45-47-49-51-69-53-55(54-70-61-59(65)60(73-74(66,67)68)58(64)56(52-62)72-61)71-57(63)50-48-46-44-42-40-38-36-34-32-30-24-22-20-18-16-14-12-10-8-6-4-2/h5-8,11-14,17-20,23-25,30,34,36,40,42,55-56,58-62,64-65H,3-4,9-10,15-16,21-22,26-29,31-33,35,37-39,41,43-54H2,1-2H3,(H,66,67,68)/b7-5-,8-6-,13-11-,14-12-,19-17-,20-18-,25-23-,30-24-,36-34-,42-40-. The maximum atomic E-state index is 12.9. The maximum Gasteiger partial charge on any atom is 0.397 e. The second-order valence-corrected chi connectivity index (χ2v) is 19.8. The van der Waals surface area contributed by atoms with Crippen molar-refractivity contribution in [3.8, 4) is 0 Å². The van der Waals surface area contributed by atoms with Gasteiger partial charge in [0.25, 0.3) is 0 Å². The topological polar surface area (TPSA) is 178 Å². The van der Waals surface area contributed by atoms with Crippen LogP contribution < -0.4 is 0 Å². The fourth-order valence-electron chi connectivity index (χ4n) is 7.90. The van der Waals surface area contributed by atoms with E-state index in [-0.39, 0.29) is 19.6 Å². The number of esters is 1. The van der Waals surface area contributed by atoms with E-state index in [9.17, 15) is 33.1 Å². The summed E-state index contributed by atoms with van der Waals surface area (Å²) in [6.07, 6.45) is 63.8. The van der Waals surface area contributed by atoms with Crippen LogP contribution in [0.1, 0.15) is 194 Å². The van der Waals surface area contributed by atoms with Gasteiger partial charge in [0.05, 0.1) is 19.8 Å². The van der Waals surface area contributed by atoms with E-state index < -0.39 is 59.8 Å². The first kappa shape index (κ1) is 68.5. The molecule has 0 aliphatic carbocycles. The predicted molar refractivity (Wildman–Crippen MR) is 303 cm³/mol. The van der Waals surface area contributed by atoms with E-state index in [4.69, 9.17) is 18.9 Å². The van der Waals surface area contributed by atoms with Gasteiger partial charge in [0.1, 0.15) is 30.5 Å². The summed E-state index contributed by atoms with van der Waals surface area (Å²) >= 11 is 0. The second kappa shape index (κ2) is 50.3. The molecule has 0 aromatic rings. The van der Waals surface area contributed by atoms with Crippen molar-refractivity contribution in [1.29, 1.82) is 0 Å². The molecule has 1 aliphatic rings. The Morgan fingerprint density at radius 1 is 0.514 bits per heavy atom. The molecule has 1 saturated heterocycles. The molecule has 0 amide bonds. The van der Waals surface area contributed by atoms with Crippen molar-refractivity contribution in [2.75, 3.05) is 26.4 Å². The molecule has 1 heterocycles. The summed E-state index contributed by atoms with van der Waals surface area (Å²) in [7, 11) is -5.08. The molecule has 0 spiro atoms. The second-order valence-electron chi connectivity index (χ2n) is 18.8. The van der Waals surface area contributed by atoms with Crippen molar-refractivity contribution in [3.63, 3.8) is 0 Å². The Bertz CT molecular complexity index is 1740. The van der Waals surface area contributed by atoms with E-state index in [1.165, 1.54) is 70.6 Å². The normalized spacial score (nSPS) is 19.7. The zero-order valence-electron chi connectivity index (χ0n) is 45.6. The molecule has 74 heavy (non-hydrogen) atoms. The van der Waals surface area contributed by atoms with E-state index in [2.05, 4.69) is 140 Å². The SMILES string of the molecule is CC/C=C\C/C=C\C/C=C\C/C=C\C/C=C\C/C=C\CCCCC(=O)OC(COCCCCCCCCCCCCCCC/C=C\C/C=C\C/C=C\C/C=C\CC)COC1OC(CO)C(O)C(OS(=O)(=O)O)C1O. The zero-order chi connectivity index (χ0) is 53.8. The van der Waals surface area contributed by atoms with Crippen LogP contribution in [0.2, 0.25) is 0 Å². The van der Waals surface area contributed by atoms with Crippen LogP contribution in [0.3, 0.4) is 0 Å². The number of aliphatic hydroxyl groups excluding tert-OH is 3. The summed E-state index contributed by atoms with van der Waals surface area (Å²) in [5.74, 6) is -0.445. The van der Waals surface area contributed by atoms with Crippen molar-refractivity contribution in [1.82, 2.24) is 0 Å². The smallest absolute Gasteiger partial charge is 0.397 e. The van der Waals surface area contributed by atoms with Crippen LogP contribution in [-0.4, -0.2) is 97.5 Å². The third-order valence-corrected chi connectivity index (χ3v) is 12.5. The molecule has 6 atom stereocenters. The first-order valence-electron chi connectivity index (χ1n) is 28.3. The summed E-state index contributed by atoms with van der Waals surface area (Å²) in [5.41, 5.74) is 0. The number of ether oxygens (including phenoxy) is 4. The number of aliphatic hydroxyl groups is 3. The Labute approximate surface area is 449 Å². The van der Waals surface area contributed by atoms with Gasteiger partial charge in [-0.2, -0.15) is 8.42 Å². The number of carbonyl (C=O) groups excluding carboxylic acids is 1. The Morgan fingerprint density at radius 2 is 0.892 bits per heavy atom. The molecule has 0 saturated carbocycles. The van der Waals surface area contributed by atoms with Gasteiger partial charge < -0.3 is 34.3 Å². The van der Waals surface area contributed by atoms with Gasteiger partial charge in [0.15, 0.2) is 6.29 Å². The van der Waals surface area contributed by atoms with Crippen LogP contribution in [0.4, 0.5) is 0 Å². The summed E-state index contributed by atoms with van der Waals surface area (Å²) in [4.78, 5) is 12.9. The van der Waals surface area contributed by atoms with Crippen molar-refractivity contribution >= 4 is 16.4 Å². The Balaban J connectivity index is 2.34. The molecule has 1 rings (SSSR count). The number of allylic oxidation sites excluding steroid dienone is 20. The third-order valence-electron chi connectivity index (χ3n) is 12.1. The number of unbranched alkanes of at least 4 members (excludes halogenated alkanes) is 15. The minimum Gasteiger partial charge on any atom is -0.457 e. The summed E-state index contributed by atoms with van der Waals surface area (Å²) < 4.78 is 59.4.